The molecule has 0 fully saturated rings. The first kappa shape index (κ1) is 22.6. The first-order valence-electron chi connectivity index (χ1n) is 10.8. The molecule has 0 aliphatic heterocycles. The maximum atomic E-state index is 12.3. The van der Waals surface area contributed by atoms with Crippen molar-refractivity contribution in [2.24, 2.45) is 0 Å². The molecular weight excluding hydrogens is 426 g/mol. The van der Waals surface area contributed by atoms with Gasteiger partial charge < -0.3 is 5.11 Å². The summed E-state index contributed by atoms with van der Waals surface area (Å²) in [6.45, 7) is 0.615. The van der Waals surface area contributed by atoms with Crippen molar-refractivity contribution in [2.45, 2.75) is 13.0 Å². The summed E-state index contributed by atoms with van der Waals surface area (Å²) < 4.78 is 1.77. The number of aromatic nitrogens is 3. The maximum absolute atomic E-state index is 12.3. The molecule has 0 amide bonds. The van der Waals surface area contributed by atoms with Gasteiger partial charge in [0.05, 0.1) is 19.2 Å². The molecular formula is C28H23N3O3. The standard InChI is InChI=1S/C28H23N3O3/c32-24-14-10-21(11-15-24)12-16-25(33)18-26(34)17-13-23-8-4-5-9-27(23)28-20-31(30-29-28)19-22-6-2-1-3-7-22/h1-17,20,32H,18-19H2. The van der Waals surface area contributed by atoms with E-state index in [1.54, 1.807) is 29.0 Å². The molecule has 1 heterocycles. The van der Waals surface area contributed by atoms with Crippen LogP contribution in [0.2, 0.25) is 0 Å². The van der Waals surface area contributed by atoms with Crippen LogP contribution in [0.25, 0.3) is 23.4 Å². The Balaban J connectivity index is 1.40. The van der Waals surface area contributed by atoms with E-state index in [2.05, 4.69) is 10.3 Å². The topological polar surface area (TPSA) is 85.1 Å². The predicted molar refractivity (Wildman–Crippen MR) is 132 cm³/mol. The van der Waals surface area contributed by atoms with Gasteiger partial charge in [-0.1, -0.05) is 84.1 Å². The minimum absolute atomic E-state index is 0.155. The van der Waals surface area contributed by atoms with Crippen LogP contribution < -0.4 is 0 Å². The van der Waals surface area contributed by atoms with E-state index in [1.807, 2.05) is 60.8 Å². The summed E-state index contributed by atoms with van der Waals surface area (Å²) in [5.41, 5.74) is 4.26. The second kappa shape index (κ2) is 10.8. The summed E-state index contributed by atoms with van der Waals surface area (Å²) in [5.74, 6) is -0.425. The molecule has 168 valence electrons. The fourth-order valence-corrected chi connectivity index (χ4v) is 3.39. The number of carbonyl (C=O) groups is 2. The molecule has 0 spiro atoms. The minimum Gasteiger partial charge on any atom is -0.508 e. The quantitative estimate of drug-likeness (QED) is 0.289. The van der Waals surface area contributed by atoms with Gasteiger partial charge in [0.1, 0.15) is 11.4 Å². The highest BCUT2D eigenvalue weighted by molar-refractivity contribution is 6.11. The molecule has 0 unspecified atom stereocenters. The van der Waals surface area contributed by atoms with E-state index in [4.69, 9.17) is 0 Å². The number of phenols is 1. The fraction of sp³-hybridized carbons (Fsp3) is 0.0714. The van der Waals surface area contributed by atoms with Gasteiger partial charge in [0.2, 0.25) is 0 Å². The first-order valence-corrected chi connectivity index (χ1v) is 10.8. The highest BCUT2D eigenvalue weighted by Crippen LogP contribution is 2.23. The molecule has 1 aromatic heterocycles. The van der Waals surface area contributed by atoms with Crippen molar-refractivity contribution >= 4 is 23.7 Å². The second-order valence-corrected chi connectivity index (χ2v) is 7.74. The van der Waals surface area contributed by atoms with Gasteiger partial charge in [0.25, 0.3) is 0 Å². The summed E-state index contributed by atoms with van der Waals surface area (Å²) in [5, 5.41) is 17.8. The largest absolute Gasteiger partial charge is 0.508 e. The molecule has 3 aromatic carbocycles. The van der Waals surface area contributed by atoms with Crippen LogP contribution in [-0.2, 0) is 16.1 Å². The Hall–Kier alpha value is -4.58. The zero-order valence-electron chi connectivity index (χ0n) is 18.4. The van der Waals surface area contributed by atoms with E-state index < -0.39 is 0 Å². The Bertz CT molecular complexity index is 1340. The number of allylic oxidation sites excluding steroid dienone is 2. The number of hydrogen-bond acceptors (Lipinski definition) is 5. The zero-order valence-corrected chi connectivity index (χ0v) is 18.4. The van der Waals surface area contributed by atoms with Crippen LogP contribution in [0.4, 0.5) is 0 Å². The van der Waals surface area contributed by atoms with Crippen LogP contribution in [0.15, 0.2) is 97.2 Å². The van der Waals surface area contributed by atoms with Crippen molar-refractivity contribution in [3.8, 4) is 17.0 Å². The van der Waals surface area contributed by atoms with Gasteiger partial charge in [-0.25, -0.2) is 4.68 Å². The predicted octanol–water partition coefficient (Wildman–Crippen LogP) is 4.95. The van der Waals surface area contributed by atoms with E-state index in [9.17, 15) is 14.7 Å². The lowest BCUT2D eigenvalue weighted by molar-refractivity contribution is -0.121. The Morgan fingerprint density at radius 1 is 0.824 bits per heavy atom. The second-order valence-electron chi connectivity index (χ2n) is 7.74. The Morgan fingerprint density at radius 2 is 1.50 bits per heavy atom. The minimum atomic E-state index is -0.292. The number of carbonyl (C=O) groups excluding carboxylic acids is 2. The van der Waals surface area contributed by atoms with Crippen LogP contribution in [0.5, 0.6) is 5.75 Å². The number of aromatic hydroxyl groups is 1. The third-order valence-corrected chi connectivity index (χ3v) is 5.11. The van der Waals surface area contributed by atoms with E-state index in [-0.39, 0.29) is 23.7 Å². The molecule has 0 atom stereocenters. The van der Waals surface area contributed by atoms with Gasteiger partial charge in [0.15, 0.2) is 11.6 Å². The van der Waals surface area contributed by atoms with Crippen molar-refractivity contribution in [1.82, 2.24) is 15.0 Å². The molecule has 0 aliphatic carbocycles. The lowest BCUT2D eigenvalue weighted by Crippen LogP contribution is -2.02. The number of hydrogen-bond donors (Lipinski definition) is 1. The molecule has 0 radical (unpaired) electrons. The summed E-state index contributed by atoms with van der Waals surface area (Å²) in [6.07, 6.45) is 7.76. The molecule has 0 saturated carbocycles. The van der Waals surface area contributed by atoms with Gasteiger partial charge >= 0.3 is 0 Å². The van der Waals surface area contributed by atoms with Crippen LogP contribution in [0.1, 0.15) is 23.1 Å². The summed E-state index contributed by atoms with van der Waals surface area (Å²) in [6, 6.07) is 24.1. The highest BCUT2D eigenvalue weighted by atomic mass is 16.3. The zero-order chi connectivity index (χ0) is 23.8. The van der Waals surface area contributed by atoms with Crippen molar-refractivity contribution in [2.75, 3.05) is 0 Å². The summed E-state index contributed by atoms with van der Waals surface area (Å²) in [4.78, 5) is 24.5. The van der Waals surface area contributed by atoms with Gasteiger partial charge in [-0.2, -0.15) is 0 Å². The summed E-state index contributed by atoms with van der Waals surface area (Å²) >= 11 is 0. The number of phenolic OH excluding ortho intramolecular Hbond substituents is 1. The molecule has 0 saturated heterocycles. The lowest BCUT2D eigenvalue weighted by atomic mass is 10.0. The number of rotatable bonds is 9. The Morgan fingerprint density at radius 3 is 2.26 bits per heavy atom. The molecule has 34 heavy (non-hydrogen) atoms. The fourth-order valence-electron chi connectivity index (χ4n) is 3.39. The molecule has 4 rings (SSSR count). The smallest absolute Gasteiger partial charge is 0.163 e. The van der Waals surface area contributed by atoms with Crippen molar-refractivity contribution in [3.05, 3.63) is 114 Å². The monoisotopic (exact) mass is 449 g/mol. The van der Waals surface area contributed by atoms with Crippen LogP contribution in [0, 0.1) is 0 Å². The Labute approximate surface area is 197 Å². The molecule has 0 aliphatic rings. The van der Waals surface area contributed by atoms with E-state index in [0.29, 0.717) is 12.2 Å². The normalized spacial score (nSPS) is 11.3. The molecule has 1 N–H and O–H groups in total. The molecule has 4 aromatic rings. The van der Waals surface area contributed by atoms with Crippen LogP contribution in [-0.4, -0.2) is 31.7 Å². The third kappa shape index (κ3) is 6.23. The first-order chi connectivity index (χ1) is 16.6. The van der Waals surface area contributed by atoms with Gasteiger partial charge in [-0.3, -0.25) is 9.59 Å². The van der Waals surface area contributed by atoms with Crippen molar-refractivity contribution < 1.29 is 14.7 Å². The third-order valence-electron chi connectivity index (χ3n) is 5.11. The van der Waals surface area contributed by atoms with E-state index in [0.717, 1.165) is 22.3 Å². The number of ketones is 2. The van der Waals surface area contributed by atoms with E-state index >= 15 is 0 Å². The van der Waals surface area contributed by atoms with Gasteiger partial charge in [-0.05, 0) is 41.0 Å². The summed E-state index contributed by atoms with van der Waals surface area (Å²) in [7, 11) is 0. The Kier molecular flexibility index (Phi) is 7.20. The maximum Gasteiger partial charge on any atom is 0.163 e. The molecule has 0 bridgehead atoms. The van der Waals surface area contributed by atoms with Crippen molar-refractivity contribution in [1.29, 1.82) is 0 Å². The molecule has 6 heteroatoms. The average molecular weight is 450 g/mol. The molecule has 6 nitrogen and oxygen atoms in total. The van der Waals surface area contributed by atoms with Crippen LogP contribution >= 0.6 is 0 Å². The van der Waals surface area contributed by atoms with Gasteiger partial charge in [-0.15, -0.1) is 5.10 Å². The lowest BCUT2D eigenvalue weighted by Gasteiger charge is -2.02. The van der Waals surface area contributed by atoms with Crippen LogP contribution in [0.3, 0.4) is 0 Å². The highest BCUT2D eigenvalue weighted by Gasteiger charge is 2.09. The van der Waals surface area contributed by atoms with Crippen molar-refractivity contribution in [3.63, 3.8) is 0 Å². The van der Waals surface area contributed by atoms with Gasteiger partial charge in [0, 0.05) is 5.56 Å². The SMILES string of the molecule is O=C(C=Cc1ccc(O)cc1)CC(=O)C=Cc1ccccc1-c1cn(Cc2ccccc2)nn1. The average Bonchev–Trinajstić information content (AvgIpc) is 3.31. The number of nitrogens with zero attached hydrogens (tertiary/aromatic N) is 3. The van der Waals surface area contributed by atoms with E-state index in [1.165, 1.54) is 24.3 Å². The number of benzene rings is 3.